The number of nitrogens with zero attached hydrogens (tertiary/aromatic N) is 2. The van der Waals surface area contributed by atoms with Crippen molar-refractivity contribution in [2.75, 3.05) is 39.4 Å². The number of rotatable bonds is 4. The topological polar surface area (TPSA) is 68.3 Å². The molecule has 0 N–H and O–H groups in total. The van der Waals surface area contributed by atoms with Gasteiger partial charge >= 0.3 is 0 Å². The zero-order valence-corrected chi connectivity index (χ0v) is 17.4. The molecule has 1 unspecified atom stereocenters. The Morgan fingerprint density at radius 3 is 2.52 bits per heavy atom. The van der Waals surface area contributed by atoms with Crippen molar-refractivity contribution >= 4 is 11.8 Å². The second-order valence-corrected chi connectivity index (χ2v) is 8.14. The molecule has 162 valence electrons. The van der Waals surface area contributed by atoms with Crippen LogP contribution in [0, 0.1) is 0 Å². The molecule has 3 aliphatic rings. The molecule has 31 heavy (non-hydrogen) atoms. The number of carbonyl (C=O) groups excluding carboxylic acids is 2. The van der Waals surface area contributed by atoms with E-state index in [1.165, 1.54) is 17.5 Å². The highest BCUT2D eigenvalue weighted by molar-refractivity contribution is 5.83. The van der Waals surface area contributed by atoms with E-state index in [-0.39, 0.29) is 25.0 Å². The van der Waals surface area contributed by atoms with Crippen molar-refractivity contribution in [3.05, 3.63) is 53.6 Å². The maximum absolute atomic E-state index is 12.8. The largest absolute Gasteiger partial charge is 0.485 e. The molecule has 7 nitrogen and oxygen atoms in total. The fourth-order valence-electron chi connectivity index (χ4n) is 4.40. The number of aryl methyl sites for hydroxylation is 2. The van der Waals surface area contributed by atoms with Crippen LogP contribution in [0.15, 0.2) is 42.5 Å². The molecule has 1 fully saturated rings. The SMILES string of the molecule is O=C(COc1ccc2c(c1)CCC2)N1CCN(C(=O)C2COc3ccccc3O2)CC1. The lowest BCUT2D eigenvalue weighted by Gasteiger charge is -2.37. The minimum atomic E-state index is -0.653. The standard InChI is InChI=1S/C24H26N2O5/c27-23(16-29-19-9-8-17-4-3-5-18(17)14-19)25-10-12-26(13-11-25)24(28)22-15-30-20-6-1-2-7-21(20)31-22/h1-2,6-9,14,22H,3-5,10-13,15-16H2. The van der Waals surface area contributed by atoms with E-state index in [2.05, 4.69) is 12.1 Å². The molecule has 1 atom stereocenters. The lowest BCUT2D eigenvalue weighted by atomic mass is 10.1. The highest BCUT2D eigenvalue weighted by Crippen LogP contribution is 2.31. The van der Waals surface area contributed by atoms with Crippen molar-refractivity contribution < 1.29 is 23.8 Å². The second kappa shape index (κ2) is 8.49. The third kappa shape index (κ3) is 4.17. The number of amides is 2. The molecule has 2 aromatic rings. The summed E-state index contributed by atoms with van der Waals surface area (Å²) < 4.78 is 17.2. The monoisotopic (exact) mass is 422 g/mol. The molecule has 2 aromatic carbocycles. The van der Waals surface area contributed by atoms with Crippen LogP contribution in [0.5, 0.6) is 17.2 Å². The first-order valence-corrected chi connectivity index (χ1v) is 10.9. The van der Waals surface area contributed by atoms with Crippen molar-refractivity contribution in [2.45, 2.75) is 25.4 Å². The summed E-state index contributed by atoms with van der Waals surface area (Å²) in [6.45, 7) is 2.15. The zero-order chi connectivity index (χ0) is 21.2. The maximum Gasteiger partial charge on any atom is 0.267 e. The van der Waals surface area contributed by atoms with Crippen LogP contribution in [0.4, 0.5) is 0 Å². The van der Waals surface area contributed by atoms with E-state index in [9.17, 15) is 9.59 Å². The highest BCUT2D eigenvalue weighted by Gasteiger charge is 2.33. The van der Waals surface area contributed by atoms with E-state index in [0.717, 1.165) is 18.6 Å². The van der Waals surface area contributed by atoms with E-state index in [4.69, 9.17) is 14.2 Å². The quantitative estimate of drug-likeness (QED) is 0.755. The number of piperazine rings is 1. The molecule has 0 saturated carbocycles. The summed E-state index contributed by atoms with van der Waals surface area (Å²) in [6.07, 6.45) is 2.74. The molecular weight excluding hydrogens is 396 g/mol. The third-order valence-electron chi connectivity index (χ3n) is 6.16. The molecule has 7 heteroatoms. The Morgan fingerprint density at radius 2 is 1.68 bits per heavy atom. The molecule has 0 spiro atoms. The Bertz CT molecular complexity index is 984. The van der Waals surface area contributed by atoms with Gasteiger partial charge < -0.3 is 24.0 Å². The summed E-state index contributed by atoms with van der Waals surface area (Å²) >= 11 is 0. The minimum Gasteiger partial charge on any atom is -0.485 e. The van der Waals surface area contributed by atoms with Crippen LogP contribution < -0.4 is 14.2 Å². The Kier molecular flexibility index (Phi) is 5.40. The molecule has 0 bridgehead atoms. The van der Waals surface area contributed by atoms with Crippen molar-refractivity contribution in [3.63, 3.8) is 0 Å². The van der Waals surface area contributed by atoms with Gasteiger partial charge in [0.1, 0.15) is 12.4 Å². The van der Waals surface area contributed by atoms with Gasteiger partial charge in [-0.1, -0.05) is 18.2 Å². The van der Waals surface area contributed by atoms with E-state index in [1.54, 1.807) is 15.9 Å². The second-order valence-electron chi connectivity index (χ2n) is 8.14. The van der Waals surface area contributed by atoms with Crippen LogP contribution in [0.25, 0.3) is 0 Å². The minimum absolute atomic E-state index is 0.0170. The van der Waals surface area contributed by atoms with Crippen LogP contribution in [0.2, 0.25) is 0 Å². The first-order chi connectivity index (χ1) is 15.2. The lowest BCUT2D eigenvalue weighted by Crippen LogP contribution is -2.55. The number of para-hydroxylation sites is 2. The highest BCUT2D eigenvalue weighted by atomic mass is 16.6. The molecule has 2 aliphatic heterocycles. The third-order valence-corrected chi connectivity index (χ3v) is 6.16. The maximum atomic E-state index is 12.8. The average molecular weight is 422 g/mol. The number of hydrogen-bond acceptors (Lipinski definition) is 5. The molecule has 2 amide bonds. The fraction of sp³-hybridized carbons (Fsp3) is 0.417. The molecule has 1 aliphatic carbocycles. The molecular formula is C24H26N2O5. The van der Waals surface area contributed by atoms with Gasteiger partial charge in [0.25, 0.3) is 11.8 Å². The average Bonchev–Trinajstić information content (AvgIpc) is 3.30. The van der Waals surface area contributed by atoms with Crippen molar-refractivity contribution in [1.82, 2.24) is 9.80 Å². The smallest absolute Gasteiger partial charge is 0.267 e. The Labute approximate surface area is 181 Å². The molecule has 2 heterocycles. The number of fused-ring (bicyclic) bond motifs is 2. The molecule has 1 saturated heterocycles. The van der Waals surface area contributed by atoms with Gasteiger partial charge in [-0.25, -0.2) is 0 Å². The van der Waals surface area contributed by atoms with Gasteiger partial charge in [0, 0.05) is 26.2 Å². The Balaban J connectivity index is 1.10. The number of carbonyl (C=O) groups is 2. The zero-order valence-electron chi connectivity index (χ0n) is 17.4. The van der Waals surface area contributed by atoms with Gasteiger partial charge in [-0.15, -0.1) is 0 Å². The van der Waals surface area contributed by atoms with E-state index in [1.807, 2.05) is 24.3 Å². The predicted octanol–water partition coefficient (Wildman–Crippen LogP) is 2.06. The van der Waals surface area contributed by atoms with Gasteiger partial charge in [0.15, 0.2) is 18.1 Å². The normalized spacial score (nSPS) is 19.7. The summed E-state index contributed by atoms with van der Waals surface area (Å²) in [7, 11) is 0. The van der Waals surface area contributed by atoms with Gasteiger partial charge in [0.05, 0.1) is 0 Å². The Morgan fingerprint density at radius 1 is 0.935 bits per heavy atom. The first-order valence-electron chi connectivity index (χ1n) is 10.9. The molecule has 0 radical (unpaired) electrons. The van der Waals surface area contributed by atoms with Gasteiger partial charge in [0.2, 0.25) is 6.10 Å². The van der Waals surface area contributed by atoms with Crippen LogP contribution in [-0.4, -0.2) is 67.1 Å². The van der Waals surface area contributed by atoms with Gasteiger partial charge in [-0.3, -0.25) is 9.59 Å². The number of ether oxygens (including phenoxy) is 3. The van der Waals surface area contributed by atoms with Crippen molar-refractivity contribution in [3.8, 4) is 17.2 Å². The van der Waals surface area contributed by atoms with E-state index >= 15 is 0 Å². The summed E-state index contributed by atoms with van der Waals surface area (Å²) in [5.74, 6) is 1.84. The number of hydrogen-bond donors (Lipinski definition) is 0. The van der Waals surface area contributed by atoms with Crippen LogP contribution in [0.3, 0.4) is 0 Å². The predicted molar refractivity (Wildman–Crippen MR) is 113 cm³/mol. The van der Waals surface area contributed by atoms with Gasteiger partial charge in [-0.2, -0.15) is 0 Å². The number of benzene rings is 2. The summed E-state index contributed by atoms with van der Waals surface area (Å²) in [5, 5.41) is 0. The van der Waals surface area contributed by atoms with Crippen LogP contribution >= 0.6 is 0 Å². The summed E-state index contributed by atoms with van der Waals surface area (Å²) in [4.78, 5) is 28.9. The van der Waals surface area contributed by atoms with Crippen LogP contribution in [-0.2, 0) is 22.4 Å². The summed E-state index contributed by atoms with van der Waals surface area (Å²) in [6, 6.07) is 13.4. The summed E-state index contributed by atoms with van der Waals surface area (Å²) in [5.41, 5.74) is 2.71. The van der Waals surface area contributed by atoms with E-state index in [0.29, 0.717) is 37.7 Å². The molecule has 5 rings (SSSR count). The fourth-order valence-corrected chi connectivity index (χ4v) is 4.40. The lowest BCUT2D eigenvalue weighted by molar-refractivity contribution is -0.146. The van der Waals surface area contributed by atoms with Crippen molar-refractivity contribution in [1.29, 1.82) is 0 Å². The first kappa shape index (κ1) is 19.7. The van der Waals surface area contributed by atoms with Crippen molar-refractivity contribution in [2.24, 2.45) is 0 Å². The van der Waals surface area contributed by atoms with Gasteiger partial charge in [-0.05, 0) is 54.7 Å². The van der Waals surface area contributed by atoms with Crippen LogP contribution in [0.1, 0.15) is 17.5 Å². The Hall–Kier alpha value is -3.22. The molecule has 0 aromatic heterocycles. The van der Waals surface area contributed by atoms with E-state index < -0.39 is 6.10 Å².